The molecule has 2 heterocycles. The Morgan fingerprint density at radius 3 is 2.39 bits per heavy atom. The largest absolute Gasteiger partial charge is 0.481 e. The van der Waals surface area contributed by atoms with Gasteiger partial charge < -0.3 is 35.0 Å². The summed E-state index contributed by atoms with van der Waals surface area (Å²) in [5.41, 5.74) is 4.53. The lowest BCUT2D eigenvalue weighted by Crippen LogP contribution is -2.37. The first-order valence-electron chi connectivity index (χ1n) is 8.93. The summed E-state index contributed by atoms with van der Waals surface area (Å²) in [6, 6.07) is 1.26. The molecule has 0 bridgehead atoms. The SMILES string of the molecule is C[N+](C)(C)CCOP(=O)(O)OP(=O)(O)OC[C@H]1O[C@@H](n2ccc(N)nc2=O)C(O)[C@@H]1O. The van der Waals surface area contributed by atoms with Gasteiger partial charge in [0.1, 0.15) is 37.3 Å². The van der Waals surface area contributed by atoms with Gasteiger partial charge in [0, 0.05) is 6.20 Å². The topological polar surface area (TPSA) is 213 Å². The van der Waals surface area contributed by atoms with Crippen molar-refractivity contribution in [3.63, 3.8) is 0 Å². The number of ether oxygens (including phenoxy) is 1. The van der Waals surface area contributed by atoms with E-state index in [0.29, 0.717) is 11.0 Å². The van der Waals surface area contributed by atoms with Gasteiger partial charge in [-0.1, -0.05) is 0 Å². The van der Waals surface area contributed by atoms with E-state index in [-0.39, 0.29) is 12.4 Å². The smallest absolute Gasteiger partial charge is 0.387 e. The number of phosphoric ester groups is 2. The second kappa shape index (κ2) is 9.73. The van der Waals surface area contributed by atoms with Crippen LogP contribution in [0.5, 0.6) is 0 Å². The van der Waals surface area contributed by atoms with Crippen LogP contribution in [-0.2, 0) is 27.2 Å². The van der Waals surface area contributed by atoms with Gasteiger partial charge in [0.05, 0.1) is 27.7 Å². The molecule has 0 amide bonds. The molecular formula is C14H27N4O11P2+. The first-order chi connectivity index (χ1) is 14.1. The van der Waals surface area contributed by atoms with Gasteiger partial charge in [0.2, 0.25) is 0 Å². The third-order valence-corrected chi connectivity index (χ3v) is 6.72. The summed E-state index contributed by atoms with van der Waals surface area (Å²) in [7, 11) is -4.64. The monoisotopic (exact) mass is 489 g/mol. The van der Waals surface area contributed by atoms with E-state index < -0.39 is 52.5 Å². The summed E-state index contributed by atoms with van der Waals surface area (Å²) in [5, 5.41) is 20.2. The van der Waals surface area contributed by atoms with Crippen molar-refractivity contribution in [3.05, 3.63) is 22.7 Å². The van der Waals surface area contributed by atoms with Gasteiger partial charge in [-0.3, -0.25) is 13.6 Å². The highest BCUT2D eigenvalue weighted by molar-refractivity contribution is 7.61. The van der Waals surface area contributed by atoms with E-state index >= 15 is 0 Å². The molecular weight excluding hydrogens is 462 g/mol. The second-order valence-corrected chi connectivity index (χ2v) is 10.8. The number of anilines is 1. The number of phosphoric acid groups is 2. The van der Waals surface area contributed by atoms with Crippen LogP contribution in [-0.4, -0.2) is 93.2 Å². The zero-order valence-corrected chi connectivity index (χ0v) is 18.8. The average Bonchev–Trinajstić information content (AvgIpc) is 2.86. The van der Waals surface area contributed by atoms with Crippen LogP contribution < -0.4 is 11.4 Å². The Labute approximate surface area is 177 Å². The van der Waals surface area contributed by atoms with Crippen LogP contribution in [0.2, 0.25) is 0 Å². The van der Waals surface area contributed by atoms with Crippen LogP contribution in [0, 0.1) is 0 Å². The molecule has 1 fully saturated rings. The van der Waals surface area contributed by atoms with E-state index in [1.807, 2.05) is 0 Å². The van der Waals surface area contributed by atoms with Gasteiger partial charge in [-0.2, -0.15) is 9.29 Å². The van der Waals surface area contributed by atoms with E-state index in [1.54, 1.807) is 21.1 Å². The Balaban J connectivity index is 1.96. The van der Waals surface area contributed by atoms with Gasteiger partial charge in [0.15, 0.2) is 6.23 Å². The molecule has 1 aliphatic heterocycles. The van der Waals surface area contributed by atoms with Crippen molar-refractivity contribution in [2.45, 2.75) is 24.5 Å². The first-order valence-corrected chi connectivity index (χ1v) is 11.9. The molecule has 1 aliphatic rings. The lowest BCUT2D eigenvalue weighted by atomic mass is 10.1. The molecule has 6 atom stereocenters. The molecule has 1 aromatic heterocycles. The molecule has 31 heavy (non-hydrogen) atoms. The third kappa shape index (κ3) is 7.70. The van der Waals surface area contributed by atoms with Crippen molar-refractivity contribution >= 4 is 21.5 Å². The van der Waals surface area contributed by atoms with Gasteiger partial charge in [-0.05, 0) is 6.07 Å². The maximum absolute atomic E-state index is 12.0. The van der Waals surface area contributed by atoms with Crippen LogP contribution in [0.1, 0.15) is 6.23 Å². The van der Waals surface area contributed by atoms with E-state index in [2.05, 4.69) is 18.3 Å². The molecule has 1 aromatic rings. The fourth-order valence-electron chi connectivity index (χ4n) is 2.49. The maximum Gasteiger partial charge on any atom is 0.481 e. The normalized spacial score (nSPS) is 28.2. The Morgan fingerprint density at radius 1 is 1.19 bits per heavy atom. The molecule has 178 valence electrons. The number of nitrogen functional groups attached to an aromatic ring is 1. The first kappa shape index (κ1) is 26.0. The number of aromatic nitrogens is 2. The number of quaternary nitrogens is 1. The molecule has 0 aliphatic carbocycles. The minimum absolute atomic E-state index is 0.0652. The van der Waals surface area contributed by atoms with Crippen LogP contribution in [0.3, 0.4) is 0 Å². The maximum atomic E-state index is 12.0. The molecule has 0 radical (unpaired) electrons. The van der Waals surface area contributed by atoms with E-state index in [1.165, 1.54) is 12.3 Å². The molecule has 3 unspecified atom stereocenters. The number of hydrogen-bond donors (Lipinski definition) is 5. The Kier molecular flexibility index (Phi) is 8.17. The van der Waals surface area contributed by atoms with Gasteiger partial charge in [-0.25, -0.2) is 13.9 Å². The van der Waals surface area contributed by atoms with Gasteiger partial charge in [-0.15, -0.1) is 0 Å². The highest BCUT2D eigenvalue weighted by atomic mass is 31.3. The van der Waals surface area contributed by atoms with Crippen LogP contribution in [0.25, 0.3) is 0 Å². The van der Waals surface area contributed by atoms with E-state index in [4.69, 9.17) is 10.5 Å². The average molecular weight is 489 g/mol. The Morgan fingerprint density at radius 2 is 1.81 bits per heavy atom. The van der Waals surface area contributed by atoms with Gasteiger partial charge >= 0.3 is 21.3 Å². The predicted octanol–water partition coefficient (Wildman–Crippen LogP) is -1.60. The van der Waals surface area contributed by atoms with Crippen molar-refractivity contribution in [3.8, 4) is 0 Å². The van der Waals surface area contributed by atoms with E-state index in [0.717, 1.165) is 4.57 Å². The third-order valence-electron chi connectivity index (χ3n) is 4.09. The number of aliphatic hydroxyl groups excluding tert-OH is 2. The Hall–Kier alpha value is -1.22. The molecule has 2 rings (SSSR count). The standard InChI is InChI=1S/C14H26N4O11P2/c1-18(2,3)6-7-26-30(22,23)29-31(24,25)27-8-9-11(19)12(20)13(28-9)17-5-4-10(15)16-14(17)21/h4-5,9,11-13,19-20H,6-8H2,1-3H3,(H3-,15,16,21,22,23,24,25)/p+1/t9-,11-,12?,13-/m1/s1. The molecule has 0 spiro atoms. The van der Waals surface area contributed by atoms with E-state index in [9.17, 15) is 33.9 Å². The molecule has 1 saturated heterocycles. The fourth-order valence-corrected chi connectivity index (χ4v) is 4.56. The van der Waals surface area contributed by atoms with Crippen LogP contribution >= 0.6 is 15.6 Å². The van der Waals surface area contributed by atoms with Crippen molar-refractivity contribution < 1.29 is 51.7 Å². The number of aliphatic hydroxyl groups is 2. The predicted molar refractivity (Wildman–Crippen MR) is 104 cm³/mol. The molecule has 15 nitrogen and oxygen atoms in total. The second-order valence-electron chi connectivity index (χ2n) is 7.75. The number of nitrogens with zero attached hydrogens (tertiary/aromatic N) is 3. The summed E-state index contributed by atoms with van der Waals surface area (Å²) >= 11 is 0. The summed E-state index contributed by atoms with van der Waals surface area (Å²) < 4.78 is 43.9. The Bertz CT molecular complexity index is 920. The van der Waals surface area contributed by atoms with Crippen LogP contribution in [0.4, 0.5) is 5.82 Å². The molecule has 6 N–H and O–H groups in total. The quantitative estimate of drug-likeness (QED) is 0.185. The van der Waals surface area contributed by atoms with Gasteiger partial charge in [0.25, 0.3) is 0 Å². The highest BCUT2D eigenvalue weighted by Gasteiger charge is 2.46. The number of nitrogens with two attached hydrogens (primary N) is 1. The number of hydrogen-bond acceptors (Lipinski definition) is 11. The molecule has 17 heteroatoms. The molecule has 0 saturated carbocycles. The lowest BCUT2D eigenvalue weighted by Gasteiger charge is -2.24. The zero-order chi connectivity index (χ0) is 23.6. The summed E-state index contributed by atoms with van der Waals surface area (Å²) in [6.45, 7) is -0.746. The lowest BCUT2D eigenvalue weighted by molar-refractivity contribution is -0.870. The summed E-state index contributed by atoms with van der Waals surface area (Å²) in [4.78, 5) is 34.7. The minimum Gasteiger partial charge on any atom is -0.387 e. The molecule has 0 aromatic carbocycles. The zero-order valence-electron chi connectivity index (χ0n) is 17.0. The fraction of sp³-hybridized carbons (Fsp3) is 0.714. The highest BCUT2D eigenvalue weighted by Crippen LogP contribution is 2.60. The van der Waals surface area contributed by atoms with Crippen molar-refractivity contribution in [2.75, 3.05) is 46.6 Å². The minimum atomic E-state index is -5.11. The summed E-state index contributed by atoms with van der Waals surface area (Å²) in [6.07, 6.45) is -4.82. The van der Waals surface area contributed by atoms with Crippen molar-refractivity contribution in [1.82, 2.24) is 9.55 Å². The van der Waals surface area contributed by atoms with Crippen LogP contribution in [0.15, 0.2) is 17.1 Å². The van der Waals surface area contributed by atoms with Crippen molar-refractivity contribution in [2.24, 2.45) is 0 Å². The number of likely N-dealkylation sites (N-methyl/N-ethyl adjacent to an activating group) is 1. The summed E-state index contributed by atoms with van der Waals surface area (Å²) in [5.74, 6) is -0.0652. The number of rotatable bonds is 10. The van der Waals surface area contributed by atoms with Crippen molar-refractivity contribution in [1.29, 1.82) is 0 Å².